The van der Waals surface area contributed by atoms with Gasteiger partial charge in [0.15, 0.2) is 5.16 Å². The standard InChI is InChI=1S/C11H13N3S/c1-2-8(3-1)7-15-11-13-9-4-5-12-6-10(9)14-11/h4-6,8H,1-3,7H2,(H,13,14). The quantitative estimate of drug-likeness (QED) is 0.807. The smallest absolute Gasteiger partial charge is 0.166 e. The highest BCUT2D eigenvalue weighted by Gasteiger charge is 2.17. The van der Waals surface area contributed by atoms with Crippen molar-refractivity contribution in [3.63, 3.8) is 0 Å². The summed E-state index contributed by atoms with van der Waals surface area (Å²) in [6, 6.07) is 1.94. The summed E-state index contributed by atoms with van der Waals surface area (Å²) in [5.74, 6) is 2.12. The Morgan fingerprint density at radius 1 is 1.47 bits per heavy atom. The fraction of sp³-hybridized carbons (Fsp3) is 0.455. The molecule has 15 heavy (non-hydrogen) atoms. The first-order chi connectivity index (χ1) is 7.42. The van der Waals surface area contributed by atoms with Crippen LogP contribution in [0.1, 0.15) is 19.3 Å². The normalized spacial score (nSPS) is 16.8. The molecule has 0 unspecified atom stereocenters. The Labute approximate surface area is 92.7 Å². The Bertz CT molecular complexity index is 429. The maximum Gasteiger partial charge on any atom is 0.166 e. The lowest BCUT2D eigenvalue weighted by atomic mass is 9.87. The van der Waals surface area contributed by atoms with E-state index in [0.29, 0.717) is 0 Å². The summed E-state index contributed by atoms with van der Waals surface area (Å²) >= 11 is 1.84. The number of rotatable bonds is 3. The minimum atomic E-state index is 0.918. The lowest BCUT2D eigenvalue weighted by Gasteiger charge is -2.23. The molecule has 2 heterocycles. The fourth-order valence-corrected chi connectivity index (χ4v) is 2.83. The van der Waals surface area contributed by atoms with Crippen LogP contribution in [0, 0.1) is 5.92 Å². The van der Waals surface area contributed by atoms with Gasteiger partial charge in [-0.3, -0.25) is 4.98 Å². The third-order valence-electron chi connectivity index (χ3n) is 2.94. The van der Waals surface area contributed by atoms with Crippen LogP contribution in [0.5, 0.6) is 0 Å². The van der Waals surface area contributed by atoms with E-state index < -0.39 is 0 Å². The first-order valence-electron chi connectivity index (χ1n) is 5.34. The molecule has 0 bridgehead atoms. The van der Waals surface area contributed by atoms with Crippen LogP contribution in [0.2, 0.25) is 0 Å². The maximum atomic E-state index is 4.51. The van der Waals surface area contributed by atoms with Gasteiger partial charge in [-0.25, -0.2) is 4.98 Å². The topological polar surface area (TPSA) is 41.6 Å². The van der Waals surface area contributed by atoms with Crippen molar-refractivity contribution in [3.05, 3.63) is 18.5 Å². The molecule has 2 aromatic rings. The second-order valence-electron chi connectivity index (χ2n) is 4.04. The second-order valence-corrected chi connectivity index (χ2v) is 5.05. The molecule has 1 N–H and O–H groups in total. The van der Waals surface area contributed by atoms with E-state index in [4.69, 9.17) is 0 Å². The lowest BCUT2D eigenvalue weighted by Crippen LogP contribution is -2.13. The summed E-state index contributed by atoms with van der Waals surface area (Å²) in [5.41, 5.74) is 2.05. The summed E-state index contributed by atoms with van der Waals surface area (Å²) < 4.78 is 0. The molecular weight excluding hydrogens is 206 g/mol. The molecule has 0 saturated heterocycles. The molecule has 1 fully saturated rings. The van der Waals surface area contributed by atoms with Crippen molar-refractivity contribution in [3.8, 4) is 0 Å². The largest absolute Gasteiger partial charge is 0.332 e. The molecule has 0 radical (unpaired) electrons. The zero-order chi connectivity index (χ0) is 10.1. The second kappa shape index (κ2) is 3.85. The SMILES string of the molecule is c1cc2nc(SCC3CCC3)[nH]c2cn1. The average molecular weight is 219 g/mol. The summed E-state index contributed by atoms with van der Waals surface area (Å²) in [7, 11) is 0. The van der Waals surface area contributed by atoms with E-state index in [0.717, 1.165) is 22.1 Å². The molecule has 0 aliphatic heterocycles. The van der Waals surface area contributed by atoms with E-state index in [-0.39, 0.29) is 0 Å². The molecule has 1 aliphatic rings. The number of thioether (sulfide) groups is 1. The Morgan fingerprint density at radius 2 is 2.40 bits per heavy atom. The number of nitrogens with zero attached hydrogens (tertiary/aromatic N) is 2. The minimum absolute atomic E-state index is 0.918. The van der Waals surface area contributed by atoms with Gasteiger partial charge in [0, 0.05) is 11.9 Å². The molecule has 0 aromatic carbocycles. The number of fused-ring (bicyclic) bond motifs is 1. The van der Waals surface area contributed by atoms with Crippen LogP contribution in [0.4, 0.5) is 0 Å². The number of imidazole rings is 1. The van der Waals surface area contributed by atoms with Gasteiger partial charge in [0.25, 0.3) is 0 Å². The molecule has 4 heteroatoms. The van der Waals surface area contributed by atoms with Crippen molar-refractivity contribution >= 4 is 22.8 Å². The Balaban J connectivity index is 1.73. The Hall–Kier alpha value is -1.03. The summed E-state index contributed by atoms with van der Waals surface area (Å²) in [6.45, 7) is 0. The number of aromatic amines is 1. The van der Waals surface area contributed by atoms with Crippen LogP contribution in [0.3, 0.4) is 0 Å². The molecule has 0 amide bonds. The Kier molecular flexibility index (Phi) is 2.37. The third kappa shape index (κ3) is 1.86. The predicted octanol–water partition coefficient (Wildman–Crippen LogP) is 2.85. The van der Waals surface area contributed by atoms with E-state index in [1.165, 1.54) is 25.0 Å². The molecule has 1 aliphatic carbocycles. The van der Waals surface area contributed by atoms with Gasteiger partial charge in [-0.15, -0.1) is 0 Å². The average Bonchev–Trinajstić information content (AvgIpc) is 2.57. The van der Waals surface area contributed by atoms with E-state index >= 15 is 0 Å². The van der Waals surface area contributed by atoms with Crippen LogP contribution in [0.15, 0.2) is 23.6 Å². The Morgan fingerprint density at radius 3 is 3.13 bits per heavy atom. The highest BCUT2D eigenvalue weighted by Crippen LogP contribution is 2.31. The first-order valence-corrected chi connectivity index (χ1v) is 6.33. The molecule has 1 saturated carbocycles. The van der Waals surface area contributed by atoms with Gasteiger partial charge in [0.05, 0.1) is 17.2 Å². The molecule has 0 atom stereocenters. The van der Waals surface area contributed by atoms with Crippen molar-refractivity contribution in [2.75, 3.05) is 5.75 Å². The van der Waals surface area contributed by atoms with Crippen LogP contribution >= 0.6 is 11.8 Å². The molecule has 3 rings (SSSR count). The van der Waals surface area contributed by atoms with Crippen LogP contribution in [-0.2, 0) is 0 Å². The van der Waals surface area contributed by atoms with Gasteiger partial charge in [-0.05, 0) is 24.8 Å². The van der Waals surface area contributed by atoms with Crippen LogP contribution < -0.4 is 0 Å². The highest BCUT2D eigenvalue weighted by molar-refractivity contribution is 7.99. The van der Waals surface area contributed by atoms with Gasteiger partial charge < -0.3 is 4.98 Å². The number of hydrogen-bond acceptors (Lipinski definition) is 3. The predicted molar refractivity (Wildman–Crippen MR) is 62.0 cm³/mol. The third-order valence-corrected chi connectivity index (χ3v) is 4.05. The zero-order valence-corrected chi connectivity index (χ0v) is 9.26. The van der Waals surface area contributed by atoms with E-state index in [2.05, 4.69) is 15.0 Å². The summed E-state index contributed by atoms with van der Waals surface area (Å²) in [6.07, 6.45) is 7.82. The van der Waals surface area contributed by atoms with Gasteiger partial charge in [-0.2, -0.15) is 0 Å². The van der Waals surface area contributed by atoms with Crippen molar-refractivity contribution in [2.24, 2.45) is 5.92 Å². The monoisotopic (exact) mass is 219 g/mol. The summed E-state index contributed by atoms with van der Waals surface area (Å²) in [4.78, 5) is 11.9. The van der Waals surface area contributed by atoms with Crippen molar-refractivity contribution in [2.45, 2.75) is 24.4 Å². The van der Waals surface area contributed by atoms with Crippen molar-refractivity contribution in [1.82, 2.24) is 15.0 Å². The number of hydrogen-bond donors (Lipinski definition) is 1. The number of nitrogens with one attached hydrogen (secondary N) is 1. The van der Waals surface area contributed by atoms with E-state index in [1.54, 1.807) is 6.20 Å². The van der Waals surface area contributed by atoms with E-state index in [1.807, 2.05) is 24.0 Å². The van der Waals surface area contributed by atoms with Gasteiger partial charge >= 0.3 is 0 Å². The molecule has 2 aromatic heterocycles. The number of aromatic nitrogens is 3. The molecule has 3 nitrogen and oxygen atoms in total. The van der Waals surface area contributed by atoms with Crippen LogP contribution in [-0.4, -0.2) is 20.7 Å². The van der Waals surface area contributed by atoms with Crippen LogP contribution in [0.25, 0.3) is 11.0 Å². The molecular formula is C11H13N3S. The van der Waals surface area contributed by atoms with Crippen molar-refractivity contribution < 1.29 is 0 Å². The van der Waals surface area contributed by atoms with Gasteiger partial charge in [0.1, 0.15) is 0 Å². The highest BCUT2D eigenvalue weighted by atomic mass is 32.2. The fourth-order valence-electron chi connectivity index (χ4n) is 1.76. The van der Waals surface area contributed by atoms with Crippen molar-refractivity contribution in [1.29, 1.82) is 0 Å². The zero-order valence-electron chi connectivity index (χ0n) is 8.44. The number of pyridine rings is 1. The maximum absolute atomic E-state index is 4.51. The van der Waals surface area contributed by atoms with Gasteiger partial charge in [-0.1, -0.05) is 18.2 Å². The first kappa shape index (κ1) is 9.21. The lowest BCUT2D eigenvalue weighted by molar-refractivity contribution is 0.353. The van der Waals surface area contributed by atoms with E-state index in [9.17, 15) is 0 Å². The summed E-state index contributed by atoms with van der Waals surface area (Å²) in [5, 5.41) is 1.03. The molecule has 0 spiro atoms. The molecule has 78 valence electrons. The number of H-pyrrole nitrogens is 1. The van der Waals surface area contributed by atoms with Gasteiger partial charge in [0.2, 0.25) is 0 Å². The minimum Gasteiger partial charge on any atom is -0.332 e.